The molecule has 2 atom stereocenters. The molecule has 1 aromatic carbocycles. The Hall–Kier alpha value is -1.11. The summed E-state index contributed by atoms with van der Waals surface area (Å²) in [6.07, 6.45) is 1.79. The van der Waals surface area contributed by atoms with Gasteiger partial charge in [-0.3, -0.25) is 4.79 Å². The average molecular weight is 174 g/mol. The van der Waals surface area contributed by atoms with E-state index in [1.807, 2.05) is 18.2 Å². The summed E-state index contributed by atoms with van der Waals surface area (Å²) < 4.78 is 0. The SMILES string of the molecule is CC1CC(=O)C(c2ccccc2)C1. The molecule has 13 heavy (non-hydrogen) atoms. The van der Waals surface area contributed by atoms with E-state index in [0.717, 1.165) is 12.8 Å². The molecule has 2 rings (SSSR count). The molecular formula is C12H14O. The van der Waals surface area contributed by atoms with Crippen LogP contribution in [0.3, 0.4) is 0 Å². The van der Waals surface area contributed by atoms with Crippen LogP contribution in [0.1, 0.15) is 31.2 Å². The van der Waals surface area contributed by atoms with Crippen LogP contribution in [-0.2, 0) is 4.79 Å². The lowest BCUT2D eigenvalue weighted by Gasteiger charge is -2.07. The van der Waals surface area contributed by atoms with Crippen LogP contribution in [0.25, 0.3) is 0 Å². The first-order valence-electron chi connectivity index (χ1n) is 4.85. The van der Waals surface area contributed by atoms with E-state index in [4.69, 9.17) is 0 Å². The van der Waals surface area contributed by atoms with E-state index >= 15 is 0 Å². The number of rotatable bonds is 1. The second-order valence-electron chi connectivity index (χ2n) is 3.97. The molecule has 0 saturated heterocycles. The van der Waals surface area contributed by atoms with Gasteiger partial charge in [0.1, 0.15) is 5.78 Å². The molecular weight excluding hydrogens is 160 g/mol. The van der Waals surface area contributed by atoms with Crippen LogP contribution in [-0.4, -0.2) is 5.78 Å². The summed E-state index contributed by atoms with van der Waals surface area (Å²) in [5.74, 6) is 1.16. The zero-order valence-corrected chi connectivity index (χ0v) is 7.86. The molecule has 1 heteroatoms. The standard InChI is InChI=1S/C12H14O/c1-9-7-11(12(13)8-9)10-5-3-2-4-6-10/h2-6,9,11H,7-8H2,1H3. The number of ketones is 1. The second kappa shape index (κ2) is 3.33. The molecule has 0 spiro atoms. The third-order valence-corrected chi connectivity index (χ3v) is 2.78. The number of carbonyl (C=O) groups is 1. The normalized spacial score (nSPS) is 27.9. The largest absolute Gasteiger partial charge is 0.299 e. The van der Waals surface area contributed by atoms with Crippen molar-refractivity contribution < 1.29 is 4.79 Å². The van der Waals surface area contributed by atoms with Gasteiger partial charge in [-0.25, -0.2) is 0 Å². The molecule has 0 aromatic heterocycles. The van der Waals surface area contributed by atoms with Crippen LogP contribution in [0, 0.1) is 5.92 Å². The van der Waals surface area contributed by atoms with E-state index in [1.165, 1.54) is 5.56 Å². The van der Waals surface area contributed by atoms with E-state index in [9.17, 15) is 4.79 Å². The van der Waals surface area contributed by atoms with Crippen molar-refractivity contribution in [3.63, 3.8) is 0 Å². The summed E-state index contributed by atoms with van der Waals surface area (Å²) >= 11 is 0. The quantitative estimate of drug-likeness (QED) is 0.639. The molecule has 1 fully saturated rings. The molecule has 1 aliphatic carbocycles. The highest BCUT2D eigenvalue weighted by molar-refractivity contribution is 5.87. The molecule has 0 heterocycles. The van der Waals surface area contributed by atoms with Crippen LogP contribution in [0.5, 0.6) is 0 Å². The van der Waals surface area contributed by atoms with E-state index in [2.05, 4.69) is 19.1 Å². The first kappa shape index (κ1) is 8.49. The number of hydrogen-bond donors (Lipinski definition) is 0. The highest BCUT2D eigenvalue weighted by Gasteiger charge is 2.30. The average Bonchev–Trinajstić information content (AvgIpc) is 2.47. The monoisotopic (exact) mass is 174 g/mol. The molecule has 1 nitrogen and oxygen atoms in total. The van der Waals surface area contributed by atoms with Gasteiger partial charge in [0.05, 0.1) is 0 Å². The molecule has 0 amide bonds. The Labute approximate surface area is 78.8 Å². The molecule has 1 aliphatic rings. The van der Waals surface area contributed by atoms with E-state index in [1.54, 1.807) is 0 Å². The van der Waals surface area contributed by atoms with E-state index in [0.29, 0.717) is 11.7 Å². The van der Waals surface area contributed by atoms with Crippen molar-refractivity contribution in [3.8, 4) is 0 Å². The fraction of sp³-hybridized carbons (Fsp3) is 0.417. The number of Topliss-reactive ketones (excluding diaryl/α,β-unsaturated/α-hetero) is 1. The van der Waals surface area contributed by atoms with Gasteiger partial charge in [0.2, 0.25) is 0 Å². The van der Waals surface area contributed by atoms with E-state index < -0.39 is 0 Å². The van der Waals surface area contributed by atoms with Gasteiger partial charge in [-0.1, -0.05) is 37.3 Å². The highest BCUT2D eigenvalue weighted by atomic mass is 16.1. The molecule has 0 aliphatic heterocycles. The van der Waals surface area contributed by atoms with Crippen LogP contribution in [0.15, 0.2) is 30.3 Å². The maximum atomic E-state index is 11.6. The maximum absolute atomic E-state index is 11.6. The third kappa shape index (κ3) is 1.64. The Morgan fingerprint density at radius 1 is 1.23 bits per heavy atom. The summed E-state index contributed by atoms with van der Waals surface area (Å²) in [4.78, 5) is 11.6. The summed E-state index contributed by atoms with van der Waals surface area (Å²) in [5.41, 5.74) is 1.19. The summed E-state index contributed by atoms with van der Waals surface area (Å²) in [6, 6.07) is 10.1. The van der Waals surface area contributed by atoms with Gasteiger partial charge < -0.3 is 0 Å². The fourth-order valence-corrected chi connectivity index (χ4v) is 2.11. The minimum atomic E-state index is 0.177. The van der Waals surface area contributed by atoms with Gasteiger partial charge in [-0.2, -0.15) is 0 Å². The lowest BCUT2D eigenvalue weighted by Crippen LogP contribution is -2.03. The van der Waals surface area contributed by atoms with Gasteiger partial charge >= 0.3 is 0 Å². The van der Waals surface area contributed by atoms with Crippen molar-refractivity contribution in [1.82, 2.24) is 0 Å². The summed E-state index contributed by atoms with van der Waals surface area (Å²) in [7, 11) is 0. The highest BCUT2D eigenvalue weighted by Crippen LogP contribution is 2.34. The number of hydrogen-bond acceptors (Lipinski definition) is 1. The van der Waals surface area contributed by atoms with Crippen molar-refractivity contribution in [2.45, 2.75) is 25.7 Å². The Balaban J connectivity index is 2.23. The van der Waals surface area contributed by atoms with Crippen molar-refractivity contribution in [2.24, 2.45) is 5.92 Å². The predicted octanol–water partition coefficient (Wildman–Crippen LogP) is 2.77. The Kier molecular flexibility index (Phi) is 2.17. The number of benzene rings is 1. The lowest BCUT2D eigenvalue weighted by molar-refractivity contribution is -0.118. The van der Waals surface area contributed by atoms with Crippen LogP contribution >= 0.6 is 0 Å². The van der Waals surface area contributed by atoms with Crippen LogP contribution in [0.2, 0.25) is 0 Å². The number of carbonyl (C=O) groups excluding carboxylic acids is 1. The third-order valence-electron chi connectivity index (χ3n) is 2.78. The predicted molar refractivity (Wildman–Crippen MR) is 52.6 cm³/mol. The fourth-order valence-electron chi connectivity index (χ4n) is 2.11. The Morgan fingerprint density at radius 3 is 2.46 bits per heavy atom. The first-order chi connectivity index (χ1) is 6.27. The van der Waals surface area contributed by atoms with Crippen LogP contribution < -0.4 is 0 Å². The van der Waals surface area contributed by atoms with Crippen molar-refractivity contribution in [2.75, 3.05) is 0 Å². The zero-order chi connectivity index (χ0) is 9.26. The molecule has 1 saturated carbocycles. The maximum Gasteiger partial charge on any atom is 0.140 e. The minimum absolute atomic E-state index is 0.177. The van der Waals surface area contributed by atoms with Gasteiger partial charge in [0.25, 0.3) is 0 Å². The molecule has 68 valence electrons. The second-order valence-corrected chi connectivity index (χ2v) is 3.97. The summed E-state index contributed by atoms with van der Waals surface area (Å²) in [6.45, 7) is 2.15. The van der Waals surface area contributed by atoms with E-state index in [-0.39, 0.29) is 5.92 Å². The Morgan fingerprint density at radius 2 is 1.92 bits per heavy atom. The summed E-state index contributed by atoms with van der Waals surface area (Å²) in [5, 5.41) is 0. The lowest BCUT2D eigenvalue weighted by atomic mass is 9.96. The smallest absolute Gasteiger partial charge is 0.140 e. The Bertz CT molecular complexity index is 302. The van der Waals surface area contributed by atoms with Crippen LogP contribution in [0.4, 0.5) is 0 Å². The topological polar surface area (TPSA) is 17.1 Å². The molecule has 0 N–H and O–H groups in total. The first-order valence-corrected chi connectivity index (χ1v) is 4.85. The molecule has 0 bridgehead atoms. The van der Waals surface area contributed by atoms with Gasteiger partial charge in [-0.15, -0.1) is 0 Å². The molecule has 1 aromatic rings. The van der Waals surface area contributed by atoms with Gasteiger partial charge in [0, 0.05) is 12.3 Å². The van der Waals surface area contributed by atoms with Crippen molar-refractivity contribution in [1.29, 1.82) is 0 Å². The van der Waals surface area contributed by atoms with Crippen molar-refractivity contribution in [3.05, 3.63) is 35.9 Å². The van der Waals surface area contributed by atoms with Gasteiger partial charge in [-0.05, 0) is 17.9 Å². The molecule has 2 unspecified atom stereocenters. The van der Waals surface area contributed by atoms with Gasteiger partial charge in [0.15, 0.2) is 0 Å². The minimum Gasteiger partial charge on any atom is -0.299 e. The van der Waals surface area contributed by atoms with Crippen molar-refractivity contribution >= 4 is 5.78 Å². The zero-order valence-electron chi connectivity index (χ0n) is 7.86. The molecule has 0 radical (unpaired) electrons.